The number of amides is 1. The number of hydrogen-bond acceptors (Lipinski definition) is 2. The van der Waals surface area contributed by atoms with Crippen LogP contribution in [0, 0.1) is 11.8 Å². The minimum atomic E-state index is -0.0429. The molecule has 2 N–H and O–H groups in total. The third kappa shape index (κ3) is 6.70. The Morgan fingerprint density at radius 2 is 1.85 bits per heavy atom. The van der Waals surface area contributed by atoms with E-state index in [9.17, 15) is 4.79 Å². The molecule has 0 aromatic heterocycles. The Morgan fingerprint density at radius 1 is 1.19 bits per heavy atom. The molecule has 0 radical (unpaired) electrons. The van der Waals surface area contributed by atoms with Crippen LogP contribution in [0.1, 0.15) is 45.1 Å². The minimum absolute atomic E-state index is 0.0429. The number of nitrogens with one attached hydrogen (secondary N) is 2. The summed E-state index contributed by atoms with van der Waals surface area (Å²) in [6, 6.07) is 8.01. The molecule has 1 aliphatic rings. The molecule has 144 valence electrons. The molecule has 0 aliphatic heterocycles. The summed E-state index contributed by atoms with van der Waals surface area (Å²) in [4.78, 5) is 17.8. The van der Waals surface area contributed by atoms with Crippen molar-refractivity contribution in [2.24, 2.45) is 16.8 Å². The van der Waals surface area contributed by atoms with Crippen LogP contribution in [0.3, 0.4) is 0 Å². The summed E-state index contributed by atoms with van der Waals surface area (Å²) in [5.41, 5.74) is 2.08. The molecule has 5 heteroatoms. The molecule has 0 heterocycles. The molecule has 1 amide bonds. The largest absolute Gasteiger partial charge is 0.356 e. The van der Waals surface area contributed by atoms with E-state index in [1.54, 1.807) is 0 Å². The number of carbonyl (C=O) groups excluding carboxylic acids is 1. The van der Waals surface area contributed by atoms with Crippen molar-refractivity contribution >= 4 is 17.6 Å². The van der Waals surface area contributed by atoms with Gasteiger partial charge in [-0.1, -0.05) is 31.9 Å². The lowest BCUT2D eigenvalue weighted by molar-refractivity contribution is -0.114. The van der Waals surface area contributed by atoms with Crippen molar-refractivity contribution < 1.29 is 4.79 Å². The summed E-state index contributed by atoms with van der Waals surface area (Å²) >= 11 is 0. The normalized spacial score (nSPS) is 20.5. The van der Waals surface area contributed by atoms with Gasteiger partial charge in [-0.3, -0.25) is 9.79 Å². The SMILES string of the molecule is CN=C(NCCc1ccc(NC(C)=O)cc1)N(C)CC1CCC(C)CC1. The van der Waals surface area contributed by atoms with Gasteiger partial charge >= 0.3 is 0 Å². The highest BCUT2D eigenvalue weighted by atomic mass is 16.1. The summed E-state index contributed by atoms with van der Waals surface area (Å²) in [5, 5.41) is 6.26. The standard InChI is InChI=1S/C21H34N4O/c1-16-5-7-19(8-6-16)15-25(4)21(22-3)23-14-13-18-9-11-20(12-10-18)24-17(2)26/h9-12,16,19H,5-8,13-15H2,1-4H3,(H,22,23)(H,24,26). The Kier molecular flexibility index (Phi) is 7.95. The van der Waals surface area contributed by atoms with Gasteiger partial charge in [0.15, 0.2) is 5.96 Å². The van der Waals surface area contributed by atoms with Crippen LogP contribution in [0.2, 0.25) is 0 Å². The second kappa shape index (κ2) is 10.2. The van der Waals surface area contributed by atoms with E-state index in [2.05, 4.69) is 46.6 Å². The zero-order chi connectivity index (χ0) is 18.9. The van der Waals surface area contributed by atoms with Gasteiger partial charge in [-0.15, -0.1) is 0 Å². The maximum Gasteiger partial charge on any atom is 0.221 e. The Labute approximate surface area is 158 Å². The zero-order valence-electron chi connectivity index (χ0n) is 16.7. The average molecular weight is 359 g/mol. The monoisotopic (exact) mass is 358 g/mol. The van der Waals surface area contributed by atoms with Crippen LogP contribution < -0.4 is 10.6 Å². The van der Waals surface area contributed by atoms with Crippen molar-refractivity contribution in [3.8, 4) is 0 Å². The van der Waals surface area contributed by atoms with E-state index in [-0.39, 0.29) is 5.91 Å². The molecule has 0 saturated heterocycles. The first-order chi connectivity index (χ1) is 12.5. The molecule has 1 saturated carbocycles. The number of nitrogens with zero attached hydrogens (tertiary/aromatic N) is 2. The van der Waals surface area contributed by atoms with Crippen molar-refractivity contribution in [1.82, 2.24) is 10.2 Å². The summed E-state index contributed by atoms with van der Waals surface area (Å²) in [6.07, 6.45) is 6.32. The molecule has 5 nitrogen and oxygen atoms in total. The Hall–Kier alpha value is -2.04. The maximum absolute atomic E-state index is 11.1. The molecule has 0 bridgehead atoms. The fourth-order valence-electron chi connectivity index (χ4n) is 3.65. The van der Waals surface area contributed by atoms with E-state index in [0.717, 1.165) is 43.0 Å². The highest BCUT2D eigenvalue weighted by molar-refractivity contribution is 5.88. The van der Waals surface area contributed by atoms with Gasteiger partial charge in [-0.2, -0.15) is 0 Å². The molecule has 0 atom stereocenters. The lowest BCUT2D eigenvalue weighted by Crippen LogP contribution is -2.42. The van der Waals surface area contributed by atoms with E-state index < -0.39 is 0 Å². The number of guanidine groups is 1. The lowest BCUT2D eigenvalue weighted by atomic mass is 9.83. The van der Waals surface area contributed by atoms with Gasteiger partial charge in [0, 0.05) is 39.8 Å². The molecule has 1 fully saturated rings. The first-order valence-electron chi connectivity index (χ1n) is 9.76. The van der Waals surface area contributed by atoms with Gasteiger partial charge in [0.2, 0.25) is 5.91 Å². The molecule has 2 rings (SSSR count). The summed E-state index contributed by atoms with van der Waals surface area (Å²) in [7, 11) is 3.99. The zero-order valence-corrected chi connectivity index (χ0v) is 16.7. The molecular formula is C21H34N4O. The van der Waals surface area contributed by atoms with Crippen molar-refractivity contribution in [3.05, 3.63) is 29.8 Å². The molecule has 1 aliphatic carbocycles. The number of benzene rings is 1. The highest BCUT2D eigenvalue weighted by Crippen LogP contribution is 2.28. The highest BCUT2D eigenvalue weighted by Gasteiger charge is 2.20. The second-order valence-electron chi connectivity index (χ2n) is 7.61. The third-order valence-corrected chi connectivity index (χ3v) is 5.21. The van der Waals surface area contributed by atoms with Crippen molar-refractivity contribution in [3.63, 3.8) is 0 Å². The van der Waals surface area contributed by atoms with Gasteiger partial charge < -0.3 is 15.5 Å². The maximum atomic E-state index is 11.1. The van der Waals surface area contributed by atoms with E-state index in [0.29, 0.717) is 0 Å². The van der Waals surface area contributed by atoms with Crippen molar-refractivity contribution in [2.75, 3.05) is 32.5 Å². The first kappa shape index (κ1) is 20.3. The summed E-state index contributed by atoms with van der Waals surface area (Å²) < 4.78 is 0. The van der Waals surface area contributed by atoms with Crippen molar-refractivity contribution in [2.45, 2.75) is 46.0 Å². The van der Waals surface area contributed by atoms with E-state index in [1.807, 2.05) is 19.2 Å². The van der Waals surface area contributed by atoms with Crippen LogP contribution in [0.25, 0.3) is 0 Å². The Morgan fingerprint density at radius 3 is 2.42 bits per heavy atom. The first-order valence-corrected chi connectivity index (χ1v) is 9.76. The number of aliphatic imine (C=N–C) groups is 1. The number of rotatable bonds is 6. The number of anilines is 1. The van der Waals surface area contributed by atoms with Crippen LogP contribution in [-0.2, 0) is 11.2 Å². The second-order valence-corrected chi connectivity index (χ2v) is 7.61. The molecular weight excluding hydrogens is 324 g/mol. The topological polar surface area (TPSA) is 56.7 Å². The van der Waals surface area contributed by atoms with Crippen molar-refractivity contribution in [1.29, 1.82) is 0 Å². The number of carbonyl (C=O) groups is 1. The predicted octanol–water partition coefficient (Wildman–Crippen LogP) is 3.52. The predicted molar refractivity (Wildman–Crippen MR) is 110 cm³/mol. The fraction of sp³-hybridized carbons (Fsp3) is 0.619. The third-order valence-electron chi connectivity index (χ3n) is 5.21. The quantitative estimate of drug-likeness (QED) is 0.604. The minimum Gasteiger partial charge on any atom is -0.356 e. The molecule has 1 aromatic rings. The Bertz CT molecular complexity index is 589. The van der Waals surface area contributed by atoms with Crippen LogP contribution >= 0.6 is 0 Å². The fourth-order valence-corrected chi connectivity index (χ4v) is 3.65. The number of hydrogen-bond donors (Lipinski definition) is 2. The van der Waals surface area contributed by atoms with Gasteiger partial charge in [0.05, 0.1) is 0 Å². The van der Waals surface area contributed by atoms with Crippen LogP contribution in [0.5, 0.6) is 0 Å². The van der Waals surface area contributed by atoms with Gasteiger partial charge in [0.1, 0.15) is 0 Å². The average Bonchev–Trinajstić information content (AvgIpc) is 2.61. The molecule has 0 unspecified atom stereocenters. The van der Waals surface area contributed by atoms with Crippen LogP contribution in [-0.4, -0.2) is 44.0 Å². The van der Waals surface area contributed by atoms with Gasteiger partial charge in [0.25, 0.3) is 0 Å². The lowest BCUT2D eigenvalue weighted by Gasteiger charge is -2.31. The van der Waals surface area contributed by atoms with E-state index in [1.165, 1.54) is 38.2 Å². The summed E-state index contributed by atoms with van der Waals surface area (Å²) in [6.45, 7) is 5.81. The van der Waals surface area contributed by atoms with Crippen LogP contribution in [0.4, 0.5) is 5.69 Å². The van der Waals surface area contributed by atoms with E-state index in [4.69, 9.17) is 0 Å². The van der Waals surface area contributed by atoms with E-state index >= 15 is 0 Å². The van der Waals surface area contributed by atoms with Gasteiger partial charge in [-0.25, -0.2) is 0 Å². The molecule has 1 aromatic carbocycles. The Balaban J connectivity index is 1.75. The molecule has 26 heavy (non-hydrogen) atoms. The summed E-state index contributed by atoms with van der Waals surface area (Å²) in [5.74, 6) is 2.61. The smallest absolute Gasteiger partial charge is 0.221 e. The van der Waals surface area contributed by atoms with Crippen LogP contribution in [0.15, 0.2) is 29.3 Å². The molecule has 0 spiro atoms. The van der Waals surface area contributed by atoms with Gasteiger partial charge in [-0.05, 0) is 48.8 Å².